The lowest BCUT2D eigenvalue weighted by Crippen LogP contribution is -2.07. The van der Waals surface area contributed by atoms with Gasteiger partial charge in [0.15, 0.2) is 6.33 Å². The molecule has 1 aromatic rings. The summed E-state index contributed by atoms with van der Waals surface area (Å²) in [6.45, 7) is 0. The van der Waals surface area contributed by atoms with Crippen molar-refractivity contribution in [3.05, 3.63) is 6.33 Å². The molecule has 0 radical (unpaired) electrons. The molecule has 9 heteroatoms. The summed E-state index contributed by atoms with van der Waals surface area (Å²) in [4.78, 5) is 0. The number of tetrazole rings is 1. The van der Waals surface area contributed by atoms with Crippen LogP contribution in [0.4, 0.5) is 0 Å². The van der Waals surface area contributed by atoms with E-state index in [9.17, 15) is 8.42 Å². The van der Waals surface area contributed by atoms with Crippen molar-refractivity contribution >= 4 is 22.1 Å². The highest BCUT2D eigenvalue weighted by Crippen LogP contribution is 2.01. The maximum absolute atomic E-state index is 10.2. The molecule has 0 unspecified atom stereocenters. The van der Waals surface area contributed by atoms with Crippen LogP contribution in [0.5, 0.6) is 0 Å². The van der Waals surface area contributed by atoms with E-state index < -0.39 is 10.1 Å². The van der Waals surface area contributed by atoms with Crippen LogP contribution < -0.4 is 0 Å². The molecule has 0 bridgehead atoms. The highest BCUT2D eigenvalue weighted by atomic mass is 32.2. The SMILES string of the molecule is O=S(=O)(O)CCSn1cnnn1. The van der Waals surface area contributed by atoms with E-state index in [4.69, 9.17) is 4.55 Å². The first-order valence-corrected chi connectivity index (χ1v) is 5.44. The zero-order valence-corrected chi connectivity index (χ0v) is 7.49. The van der Waals surface area contributed by atoms with Gasteiger partial charge < -0.3 is 0 Å². The number of hydrogen-bond donors (Lipinski definition) is 1. The number of hydrogen-bond acceptors (Lipinski definition) is 6. The van der Waals surface area contributed by atoms with Crippen molar-refractivity contribution < 1.29 is 13.0 Å². The minimum Gasteiger partial charge on any atom is -0.286 e. The van der Waals surface area contributed by atoms with Crippen LogP contribution in [-0.4, -0.2) is 44.1 Å². The van der Waals surface area contributed by atoms with Crippen LogP contribution in [0.1, 0.15) is 0 Å². The summed E-state index contributed by atoms with van der Waals surface area (Å²) >= 11 is 1.10. The summed E-state index contributed by atoms with van der Waals surface area (Å²) in [7, 11) is -3.88. The van der Waals surface area contributed by atoms with E-state index in [-0.39, 0.29) is 11.5 Å². The Morgan fingerprint density at radius 1 is 1.58 bits per heavy atom. The molecule has 0 aliphatic rings. The van der Waals surface area contributed by atoms with Crippen LogP contribution in [0.2, 0.25) is 0 Å². The van der Waals surface area contributed by atoms with Crippen molar-refractivity contribution in [1.82, 2.24) is 19.6 Å². The van der Waals surface area contributed by atoms with Crippen LogP contribution in [0, 0.1) is 0 Å². The van der Waals surface area contributed by atoms with E-state index in [1.54, 1.807) is 0 Å². The van der Waals surface area contributed by atoms with Gasteiger partial charge in [0.1, 0.15) is 0 Å². The molecule has 0 spiro atoms. The average Bonchev–Trinajstić information content (AvgIpc) is 2.36. The zero-order chi connectivity index (χ0) is 9.03. The second kappa shape index (κ2) is 3.83. The van der Waals surface area contributed by atoms with Gasteiger partial charge >= 0.3 is 0 Å². The minimum atomic E-state index is -3.88. The van der Waals surface area contributed by atoms with E-state index in [0.29, 0.717) is 0 Å². The van der Waals surface area contributed by atoms with Crippen LogP contribution in [0.3, 0.4) is 0 Å². The van der Waals surface area contributed by atoms with E-state index in [0.717, 1.165) is 11.9 Å². The predicted octanol–water partition coefficient (Wildman–Crippen LogP) is -0.943. The molecule has 12 heavy (non-hydrogen) atoms. The van der Waals surface area contributed by atoms with Crippen LogP contribution >= 0.6 is 11.9 Å². The normalized spacial score (nSPS) is 11.8. The number of nitrogens with zero attached hydrogens (tertiary/aromatic N) is 4. The Bertz CT molecular complexity index is 319. The van der Waals surface area contributed by atoms with Gasteiger partial charge in [-0.3, -0.25) is 4.55 Å². The molecule has 1 N–H and O–H groups in total. The molecule has 0 aromatic carbocycles. The van der Waals surface area contributed by atoms with Crippen molar-refractivity contribution in [2.45, 2.75) is 0 Å². The second-order valence-corrected chi connectivity index (χ2v) is 4.44. The Kier molecular flexibility index (Phi) is 3.00. The second-order valence-electron chi connectivity index (χ2n) is 1.83. The van der Waals surface area contributed by atoms with Gasteiger partial charge in [-0.2, -0.15) is 12.5 Å². The van der Waals surface area contributed by atoms with E-state index in [1.807, 2.05) is 0 Å². The first kappa shape index (κ1) is 9.42. The van der Waals surface area contributed by atoms with Crippen LogP contribution in [-0.2, 0) is 10.1 Å². The monoisotopic (exact) mass is 210 g/mol. The highest BCUT2D eigenvalue weighted by molar-refractivity contribution is 7.98. The molecule has 1 heterocycles. The fourth-order valence-corrected chi connectivity index (χ4v) is 1.97. The summed E-state index contributed by atoms with van der Waals surface area (Å²) in [6.07, 6.45) is 1.34. The lowest BCUT2D eigenvalue weighted by atomic mass is 11.0. The molecule has 1 aromatic heterocycles. The molecule has 0 saturated heterocycles. The smallest absolute Gasteiger partial charge is 0.265 e. The molecule has 0 aliphatic heterocycles. The van der Waals surface area contributed by atoms with E-state index in [2.05, 4.69) is 15.5 Å². The van der Waals surface area contributed by atoms with E-state index >= 15 is 0 Å². The number of aromatic nitrogens is 4. The molecule has 68 valence electrons. The lowest BCUT2D eigenvalue weighted by molar-refractivity contribution is 0.485. The Labute approximate surface area is 73.0 Å². The third kappa shape index (κ3) is 3.64. The fraction of sp³-hybridized carbons (Fsp3) is 0.667. The van der Waals surface area contributed by atoms with Gasteiger partial charge in [0.05, 0.1) is 5.75 Å². The fourth-order valence-electron chi connectivity index (χ4n) is 0.448. The van der Waals surface area contributed by atoms with Crippen molar-refractivity contribution in [3.63, 3.8) is 0 Å². The molecule has 0 atom stereocenters. The molecule has 7 nitrogen and oxygen atoms in total. The van der Waals surface area contributed by atoms with Crippen molar-refractivity contribution in [3.8, 4) is 0 Å². The maximum Gasteiger partial charge on any atom is 0.265 e. The van der Waals surface area contributed by atoms with Gasteiger partial charge in [0.25, 0.3) is 10.1 Å². The van der Waals surface area contributed by atoms with Crippen molar-refractivity contribution in [2.75, 3.05) is 11.5 Å². The maximum atomic E-state index is 10.2. The van der Waals surface area contributed by atoms with Crippen LogP contribution in [0.15, 0.2) is 6.33 Å². The highest BCUT2D eigenvalue weighted by Gasteiger charge is 2.04. The predicted molar refractivity (Wildman–Crippen MR) is 42.1 cm³/mol. The quantitative estimate of drug-likeness (QED) is 0.640. The Hall–Kier alpha value is -0.670. The third-order valence-corrected chi connectivity index (χ3v) is 2.69. The van der Waals surface area contributed by atoms with Gasteiger partial charge in [0, 0.05) is 5.75 Å². The lowest BCUT2D eigenvalue weighted by Gasteiger charge is -1.95. The van der Waals surface area contributed by atoms with Crippen molar-refractivity contribution in [2.24, 2.45) is 0 Å². The third-order valence-electron chi connectivity index (χ3n) is 0.895. The number of rotatable bonds is 4. The first-order valence-electron chi connectivity index (χ1n) is 2.89. The summed E-state index contributed by atoms with van der Waals surface area (Å²) in [6, 6.07) is 0. The van der Waals surface area contributed by atoms with Gasteiger partial charge in [-0.05, 0) is 22.4 Å². The first-order chi connectivity index (χ1) is 5.58. The van der Waals surface area contributed by atoms with Gasteiger partial charge in [-0.1, -0.05) is 0 Å². The molecule has 1 rings (SSSR count). The minimum absolute atomic E-state index is 0.212. The Morgan fingerprint density at radius 2 is 2.33 bits per heavy atom. The van der Waals surface area contributed by atoms with E-state index in [1.165, 1.54) is 10.4 Å². The van der Waals surface area contributed by atoms with Crippen molar-refractivity contribution in [1.29, 1.82) is 0 Å². The molecular weight excluding hydrogens is 204 g/mol. The molecular formula is C3H6N4O3S2. The van der Waals surface area contributed by atoms with Gasteiger partial charge in [0.2, 0.25) is 0 Å². The molecule has 0 amide bonds. The Morgan fingerprint density at radius 3 is 2.83 bits per heavy atom. The zero-order valence-electron chi connectivity index (χ0n) is 5.86. The van der Waals surface area contributed by atoms with Gasteiger partial charge in [-0.15, -0.1) is 5.10 Å². The van der Waals surface area contributed by atoms with Gasteiger partial charge in [-0.25, -0.2) is 0 Å². The summed E-state index contributed by atoms with van der Waals surface area (Å²) in [5.74, 6) is -0.0958. The molecule has 0 aliphatic carbocycles. The summed E-state index contributed by atoms with van der Waals surface area (Å²) < 4.78 is 30.1. The van der Waals surface area contributed by atoms with Crippen LogP contribution in [0.25, 0.3) is 0 Å². The average molecular weight is 210 g/mol. The summed E-state index contributed by atoms with van der Waals surface area (Å²) in [5.41, 5.74) is 0. The molecule has 0 fully saturated rings. The summed E-state index contributed by atoms with van der Waals surface area (Å²) in [5, 5.41) is 10.2. The molecule has 0 saturated carbocycles. The topological polar surface area (TPSA) is 98.0 Å². The largest absolute Gasteiger partial charge is 0.286 e. The standard InChI is InChI=1S/C3H6N4O3S2/c8-12(9,10)2-1-11-7-3-4-5-6-7/h3H,1-2H2,(H,8,9,10). The Balaban J connectivity index is 2.29.